The molecule has 1 heterocycles. The topological polar surface area (TPSA) is 15.3 Å². The molecule has 1 aromatic carbocycles. The highest BCUT2D eigenvalue weighted by atomic mass is 35.5. The van der Waals surface area contributed by atoms with Crippen molar-refractivity contribution >= 4 is 17.3 Å². The maximum Gasteiger partial charge on any atom is 0.0471 e. The molecular formula is C16H25ClN2. The average molecular weight is 281 g/mol. The van der Waals surface area contributed by atoms with Crippen LogP contribution < -0.4 is 10.2 Å². The van der Waals surface area contributed by atoms with Gasteiger partial charge in [0.1, 0.15) is 0 Å². The quantitative estimate of drug-likeness (QED) is 0.898. The molecule has 1 atom stereocenters. The van der Waals surface area contributed by atoms with Gasteiger partial charge in [0.25, 0.3) is 0 Å². The number of anilines is 1. The van der Waals surface area contributed by atoms with Crippen molar-refractivity contribution < 1.29 is 0 Å². The maximum absolute atomic E-state index is 6.41. The molecule has 0 aliphatic carbocycles. The van der Waals surface area contributed by atoms with Crippen LogP contribution >= 0.6 is 11.6 Å². The largest absolute Gasteiger partial charge is 0.371 e. The summed E-state index contributed by atoms with van der Waals surface area (Å²) in [5.41, 5.74) is 2.64. The van der Waals surface area contributed by atoms with E-state index in [-0.39, 0.29) is 5.54 Å². The summed E-state index contributed by atoms with van der Waals surface area (Å²) in [6.07, 6.45) is 1.28. The van der Waals surface area contributed by atoms with Gasteiger partial charge >= 0.3 is 0 Å². The molecule has 0 bridgehead atoms. The molecule has 1 aliphatic heterocycles. The second-order valence-corrected chi connectivity index (χ2v) is 7.09. The van der Waals surface area contributed by atoms with E-state index < -0.39 is 0 Å². The van der Waals surface area contributed by atoms with Crippen LogP contribution in [-0.4, -0.2) is 18.6 Å². The van der Waals surface area contributed by atoms with E-state index in [1.54, 1.807) is 0 Å². The van der Waals surface area contributed by atoms with Crippen LogP contribution in [-0.2, 0) is 6.54 Å². The monoisotopic (exact) mass is 280 g/mol. The Kier molecular flexibility index (Phi) is 4.42. The summed E-state index contributed by atoms with van der Waals surface area (Å²) >= 11 is 6.41. The van der Waals surface area contributed by atoms with Gasteiger partial charge in [-0.1, -0.05) is 24.6 Å². The van der Waals surface area contributed by atoms with Crippen molar-refractivity contribution in [2.45, 2.75) is 46.2 Å². The molecule has 1 N–H and O–H groups in total. The Morgan fingerprint density at radius 1 is 1.37 bits per heavy atom. The highest BCUT2D eigenvalue weighted by molar-refractivity contribution is 6.31. The van der Waals surface area contributed by atoms with E-state index >= 15 is 0 Å². The number of nitrogens with zero attached hydrogens (tertiary/aromatic N) is 1. The van der Waals surface area contributed by atoms with E-state index in [4.69, 9.17) is 11.6 Å². The van der Waals surface area contributed by atoms with Crippen molar-refractivity contribution in [1.82, 2.24) is 5.32 Å². The van der Waals surface area contributed by atoms with Crippen molar-refractivity contribution in [3.05, 3.63) is 28.8 Å². The fourth-order valence-electron chi connectivity index (χ4n) is 2.53. The van der Waals surface area contributed by atoms with Crippen molar-refractivity contribution in [3.63, 3.8) is 0 Å². The molecule has 0 aromatic heterocycles. The molecule has 1 aliphatic rings. The second-order valence-electron chi connectivity index (χ2n) is 6.68. The van der Waals surface area contributed by atoms with Gasteiger partial charge in [-0.2, -0.15) is 0 Å². The summed E-state index contributed by atoms with van der Waals surface area (Å²) < 4.78 is 0. The van der Waals surface area contributed by atoms with Crippen LogP contribution in [0.1, 0.15) is 39.7 Å². The number of benzene rings is 1. The summed E-state index contributed by atoms with van der Waals surface area (Å²) in [5, 5.41) is 4.41. The molecule has 3 heteroatoms. The first-order valence-corrected chi connectivity index (χ1v) is 7.52. The Morgan fingerprint density at radius 2 is 2.11 bits per heavy atom. The number of rotatable bonds is 3. The Balaban J connectivity index is 2.21. The fraction of sp³-hybridized carbons (Fsp3) is 0.625. The minimum Gasteiger partial charge on any atom is -0.371 e. The summed E-state index contributed by atoms with van der Waals surface area (Å²) in [6.45, 7) is 12.0. The zero-order valence-electron chi connectivity index (χ0n) is 12.5. The van der Waals surface area contributed by atoms with Crippen LogP contribution in [0.2, 0.25) is 5.02 Å². The van der Waals surface area contributed by atoms with Crippen LogP contribution in [0.4, 0.5) is 5.69 Å². The van der Waals surface area contributed by atoms with Crippen molar-refractivity contribution in [3.8, 4) is 0 Å². The Morgan fingerprint density at radius 3 is 2.68 bits per heavy atom. The van der Waals surface area contributed by atoms with E-state index in [2.05, 4.69) is 50.0 Å². The van der Waals surface area contributed by atoms with Gasteiger partial charge in [-0.25, -0.2) is 0 Å². The predicted octanol–water partition coefficient (Wildman–Crippen LogP) is 4.07. The van der Waals surface area contributed by atoms with Crippen LogP contribution in [0, 0.1) is 5.92 Å². The van der Waals surface area contributed by atoms with Crippen molar-refractivity contribution in [2.75, 3.05) is 18.0 Å². The zero-order valence-corrected chi connectivity index (χ0v) is 13.2. The Labute approximate surface area is 122 Å². The third-order valence-corrected chi connectivity index (χ3v) is 4.01. The minimum absolute atomic E-state index is 0.106. The lowest BCUT2D eigenvalue weighted by Crippen LogP contribution is -2.35. The molecule has 1 aromatic rings. The van der Waals surface area contributed by atoms with Crippen LogP contribution in [0.15, 0.2) is 18.2 Å². The van der Waals surface area contributed by atoms with Gasteiger partial charge in [0.15, 0.2) is 0 Å². The average Bonchev–Trinajstić information content (AvgIpc) is 2.72. The molecule has 2 rings (SSSR count). The number of hydrogen-bond donors (Lipinski definition) is 1. The second kappa shape index (κ2) is 5.72. The van der Waals surface area contributed by atoms with Gasteiger partial charge in [-0.05, 0) is 45.2 Å². The summed E-state index contributed by atoms with van der Waals surface area (Å²) in [4.78, 5) is 2.47. The first-order valence-electron chi connectivity index (χ1n) is 7.14. The Bertz CT molecular complexity index is 437. The molecule has 0 amide bonds. The lowest BCUT2D eigenvalue weighted by atomic mass is 10.1. The number of halogens is 1. The Hall–Kier alpha value is -0.730. The molecule has 106 valence electrons. The van der Waals surface area contributed by atoms with E-state index in [1.807, 2.05) is 6.07 Å². The van der Waals surface area contributed by atoms with Gasteiger partial charge < -0.3 is 10.2 Å². The fourth-order valence-corrected chi connectivity index (χ4v) is 2.76. The smallest absolute Gasteiger partial charge is 0.0471 e. The van der Waals surface area contributed by atoms with E-state index in [0.717, 1.165) is 30.6 Å². The van der Waals surface area contributed by atoms with E-state index in [9.17, 15) is 0 Å². The summed E-state index contributed by atoms with van der Waals surface area (Å²) in [5.74, 6) is 0.780. The molecule has 1 unspecified atom stereocenters. The molecule has 1 saturated heterocycles. The molecule has 0 radical (unpaired) electrons. The van der Waals surface area contributed by atoms with Crippen molar-refractivity contribution in [1.29, 1.82) is 0 Å². The lowest BCUT2D eigenvalue weighted by Gasteiger charge is -2.26. The third kappa shape index (κ3) is 3.87. The van der Waals surface area contributed by atoms with Crippen LogP contribution in [0.3, 0.4) is 0 Å². The number of hydrogen-bond acceptors (Lipinski definition) is 2. The molecule has 1 fully saturated rings. The van der Waals surface area contributed by atoms with Crippen LogP contribution in [0.5, 0.6) is 0 Å². The van der Waals surface area contributed by atoms with Gasteiger partial charge in [0, 0.05) is 41.4 Å². The lowest BCUT2D eigenvalue weighted by molar-refractivity contribution is 0.424. The van der Waals surface area contributed by atoms with Gasteiger partial charge in [-0.3, -0.25) is 0 Å². The van der Waals surface area contributed by atoms with Gasteiger partial charge in [0.2, 0.25) is 0 Å². The minimum atomic E-state index is 0.106. The normalized spacial score (nSPS) is 20.1. The molecule has 0 spiro atoms. The maximum atomic E-state index is 6.41. The molecule has 2 nitrogen and oxygen atoms in total. The molecule has 0 saturated carbocycles. The molecule has 19 heavy (non-hydrogen) atoms. The third-order valence-electron chi connectivity index (χ3n) is 3.65. The van der Waals surface area contributed by atoms with Gasteiger partial charge in [-0.15, -0.1) is 0 Å². The highest BCUT2D eigenvalue weighted by Crippen LogP contribution is 2.31. The van der Waals surface area contributed by atoms with E-state index in [0.29, 0.717) is 0 Å². The first-order chi connectivity index (χ1) is 8.87. The van der Waals surface area contributed by atoms with Crippen LogP contribution in [0.25, 0.3) is 0 Å². The molecular weight excluding hydrogens is 256 g/mol. The highest BCUT2D eigenvalue weighted by Gasteiger charge is 2.22. The summed E-state index contributed by atoms with van der Waals surface area (Å²) in [6, 6.07) is 6.25. The predicted molar refractivity (Wildman–Crippen MR) is 84.0 cm³/mol. The summed E-state index contributed by atoms with van der Waals surface area (Å²) in [7, 11) is 0. The number of nitrogens with one attached hydrogen (secondary N) is 1. The standard InChI is InChI=1S/C16H25ClN2/c1-12-8-9-19(11-12)15-7-5-6-14(17)13(15)10-18-16(2,3)4/h5-7,12,18H,8-11H2,1-4H3. The zero-order chi connectivity index (χ0) is 14.0. The van der Waals surface area contributed by atoms with Gasteiger partial charge in [0.05, 0.1) is 0 Å². The van der Waals surface area contributed by atoms with E-state index in [1.165, 1.54) is 17.7 Å². The van der Waals surface area contributed by atoms with Crippen molar-refractivity contribution in [2.24, 2.45) is 5.92 Å². The first kappa shape index (κ1) is 14.7. The SMILES string of the molecule is CC1CCN(c2cccc(Cl)c2CNC(C)(C)C)C1.